The fraction of sp³-hybridized carbons (Fsp3) is 0.417. The Balaban J connectivity index is 2.26. The first-order chi connectivity index (χ1) is 9.26. The van der Waals surface area contributed by atoms with Crippen LogP contribution in [0, 0.1) is 11.3 Å². The average Bonchev–Trinajstić information content (AvgIpc) is 2.34. The van der Waals surface area contributed by atoms with E-state index in [1.54, 1.807) is 0 Å². The Morgan fingerprint density at radius 1 is 1.50 bits per heavy atom. The van der Waals surface area contributed by atoms with Crippen molar-refractivity contribution in [2.75, 3.05) is 5.32 Å². The van der Waals surface area contributed by atoms with Gasteiger partial charge in [-0.2, -0.15) is 18.4 Å². The van der Waals surface area contributed by atoms with Crippen LogP contribution in [-0.2, 0) is 11.0 Å². The summed E-state index contributed by atoms with van der Waals surface area (Å²) >= 11 is 3.27. The minimum absolute atomic E-state index is 0.0768. The third-order valence-corrected chi connectivity index (χ3v) is 4.26. The molecule has 1 heterocycles. The van der Waals surface area contributed by atoms with Crippen LogP contribution in [-0.4, -0.2) is 15.2 Å². The number of anilines is 1. The summed E-state index contributed by atoms with van der Waals surface area (Å²) in [6.07, 6.45) is -1.50. The highest BCUT2D eigenvalue weighted by molar-refractivity contribution is 9.10. The van der Waals surface area contributed by atoms with Crippen molar-refractivity contribution in [3.8, 4) is 6.07 Å². The van der Waals surface area contributed by atoms with E-state index in [1.165, 1.54) is 6.07 Å². The number of carbonyl (C=O) groups excluding carboxylic acids is 1. The molecule has 0 radical (unpaired) electrons. The first kappa shape index (κ1) is 14.8. The van der Waals surface area contributed by atoms with Gasteiger partial charge in [0.25, 0.3) is 0 Å². The Labute approximate surface area is 121 Å². The predicted molar refractivity (Wildman–Crippen MR) is 68.1 cm³/mol. The van der Waals surface area contributed by atoms with Gasteiger partial charge >= 0.3 is 6.18 Å². The number of pyridine rings is 1. The minimum atomic E-state index is -4.69. The minimum Gasteiger partial charge on any atom is -0.323 e. The van der Waals surface area contributed by atoms with Crippen molar-refractivity contribution < 1.29 is 18.0 Å². The van der Waals surface area contributed by atoms with Crippen LogP contribution < -0.4 is 5.32 Å². The largest absolute Gasteiger partial charge is 0.419 e. The third kappa shape index (κ3) is 2.77. The summed E-state index contributed by atoms with van der Waals surface area (Å²) in [5.41, 5.74) is -1.95. The lowest BCUT2D eigenvalue weighted by Gasteiger charge is -2.34. The van der Waals surface area contributed by atoms with Crippen molar-refractivity contribution >= 4 is 27.5 Å². The van der Waals surface area contributed by atoms with E-state index in [4.69, 9.17) is 5.26 Å². The summed E-state index contributed by atoms with van der Waals surface area (Å²) < 4.78 is 37.5. The summed E-state index contributed by atoms with van der Waals surface area (Å²) in [6.45, 7) is 0. The van der Waals surface area contributed by atoms with Crippen molar-refractivity contribution in [2.45, 2.75) is 29.8 Å². The van der Waals surface area contributed by atoms with Crippen LogP contribution in [0.25, 0.3) is 0 Å². The van der Waals surface area contributed by atoms with Gasteiger partial charge in [-0.3, -0.25) is 4.79 Å². The lowest BCUT2D eigenvalue weighted by atomic mass is 9.84. The summed E-state index contributed by atoms with van der Waals surface area (Å²) in [6, 6.07) is 2.10. The van der Waals surface area contributed by atoms with Gasteiger partial charge < -0.3 is 5.32 Å². The van der Waals surface area contributed by atoms with E-state index in [2.05, 4.69) is 26.2 Å². The van der Waals surface area contributed by atoms with Crippen LogP contribution in [0.4, 0.5) is 18.9 Å². The molecule has 8 heteroatoms. The van der Waals surface area contributed by atoms with E-state index in [9.17, 15) is 18.0 Å². The van der Waals surface area contributed by atoms with Gasteiger partial charge in [-0.05, 0) is 25.3 Å². The Kier molecular flexibility index (Phi) is 3.73. The van der Waals surface area contributed by atoms with Crippen LogP contribution >= 0.6 is 15.9 Å². The lowest BCUT2D eigenvalue weighted by Crippen LogP contribution is -2.43. The van der Waals surface area contributed by atoms with Gasteiger partial charge in [0.2, 0.25) is 5.91 Å². The molecule has 106 valence electrons. The Morgan fingerprint density at radius 3 is 2.60 bits per heavy atom. The number of aromatic nitrogens is 1. The molecule has 1 saturated carbocycles. The van der Waals surface area contributed by atoms with Gasteiger partial charge in [0.1, 0.15) is 10.4 Å². The maximum atomic E-state index is 12.8. The van der Waals surface area contributed by atoms with Crippen LogP contribution in [0.1, 0.15) is 30.5 Å². The second kappa shape index (κ2) is 5.05. The van der Waals surface area contributed by atoms with E-state index in [0.717, 1.165) is 18.7 Å². The quantitative estimate of drug-likeness (QED) is 0.835. The molecular formula is C12H9BrF3N3O. The molecule has 1 aliphatic carbocycles. The molecule has 0 aliphatic heterocycles. The molecular weight excluding hydrogens is 339 g/mol. The fourth-order valence-electron chi connectivity index (χ4n) is 1.80. The zero-order valence-corrected chi connectivity index (χ0v) is 11.7. The zero-order valence-electron chi connectivity index (χ0n) is 10.1. The summed E-state index contributed by atoms with van der Waals surface area (Å²) in [7, 11) is 0. The Morgan fingerprint density at radius 2 is 2.15 bits per heavy atom. The molecule has 1 amide bonds. The monoisotopic (exact) mass is 347 g/mol. The Hall–Kier alpha value is -1.62. The van der Waals surface area contributed by atoms with Crippen molar-refractivity contribution in [3.63, 3.8) is 0 Å². The number of nitriles is 1. The number of nitrogens with one attached hydrogen (secondary N) is 1. The zero-order chi connectivity index (χ0) is 15.0. The normalized spacial score (nSPS) is 16.9. The number of hydrogen-bond acceptors (Lipinski definition) is 3. The smallest absolute Gasteiger partial charge is 0.323 e. The molecule has 1 aliphatic rings. The molecule has 0 unspecified atom stereocenters. The number of amides is 1. The van der Waals surface area contributed by atoms with Gasteiger partial charge in [0, 0.05) is 0 Å². The van der Waals surface area contributed by atoms with Crippen LogP contribution in [0.15, 0.2) is 12.3 Å². The maximum Gasteiger partial charge on any atom is 0.419 e. The Bertz CT molecular complexity index is 591. The molecule has 4 nitrogen and oxygen atoms in total. The molecule has 1 fully saturated rings. The van der Waals surface area contributed by atoms with Crippen LogP contribution in [0.2, 0.25) is 0 Å². The van der Waals surface area contributed by atoms with Gasteiger partial charge in [0.05, 0.1) is 17.4 Å². The summed E-state index contributed by atoms with van der Waals surface area (Å²) in [5.74, 6) is -0.400. The SMILES string of the molecule is N#Cc1ncc(NC(=O)C2(Br)CCC2)cc1C(F)(F)F. The first-order valence-electron chi connectivity index (χ1n) is 5.74. The van der Waals surface area contributed by atoms with E-state index in [1.807, 2.05) is 0 Å². The van der Waals surface area contributed by atoms with E-state index < -0.39 is 27.7 Å². The van der Waals surface area contributed by atoms with Crippen LogP contribution in [0.5, 0.6) is 0 Å². The van der Waals surface area contributed by atoms with E-state index in [0.29, 0.717) is 12.8 Å². The van der Waals surface area contributed by atoms with Crippen molar-refractivity contribution in [2.24, 2.45) is 0 Å². The van der Waals surface area contributed by atoms with Gasteiger partial charge in [-0.25, -0.2) is 4.98 Å². The lowest BCUT2D eigenvalue weighted by molar-refractivity contribution is -0.138. The molecule has 0 aromatic carbocycles. The van der Waals surface area contributed by atoms with Gasteiger partial charge in [-0.15, -0.1) is 0 Å². The second-order valence-electron chi connectivity index (χ2n) is 4.50. The predicted octanol–water partition coefficient (Wildman–Crippen LogP) is 3.23. The number of rotatable bonds is 2. The van der Waals surface area contributed by atoms with Gasteiger partial charge in [-0.1, -0.05) is 15.9 Å². The molecule has 2 rings (SSSR count). The highest BCUT2D eigenvalue weighted by Gasteiger charge is 2.42. The van der Waals surface area contributed by atoms with Gasteiger partial charge in [0.15, 0.2) is 5.69 Å². The standard InChI is InChI=1S/C12H9BrF3N3O/c13-11(2-1-3-11)10(20)19-7-4-8(12(14,15)16)9(5-17)18-6-7/h4,6H,1-3H2,(H,19,20). The molecule has 0 spiro atoms. The molecule has 1 aromatic heterocycles. The highest BCUT2D eigenvalue weighted by atomic mass is 79.9. The van der Waals surface area contributed by atoms with Crippen molar-refractivity contribution in [1.82, 2.24) is 4.98 Å². The topological polar surface area (TPSA) is 65.8 Å². The molecule has 1 aromatic rings. The molecule has 1 N–H and O–H groups in total. The summed E-state index contributed by atoms with van der Waals surface area (Å²) in [4.78, 5) is 15.3. The fourth-order valence-corrected chi connectivity index (χ4v) is 2.46. The van der Waals surface area contributed by atoms with E-state index >= 15 is 0 Å². The number of hydrogen-bond donors (Lipinski definition) is 1. The molecule has 0 bridgehead atoms. The van der Waals surface area contributed by atoms with Crippen LogP contribution in [0.3, 0.4) is 0 Å². The number of carbonyl (C=O) groups is 1. The second-order valence-corrected chi connectivity index (χ2v) is 6.02. The first-order valence-corrected chi connectivity index (χ1v) is 6.53. The summed E-state index contributed by atoms with van der Waals surface area (Å²) in [5, 5.41) is 11.0. The van der Waals surface area contributed by atoms with E-state index in [-0.39, 0.29) is 5.69 Å². The average molecular weight is 348 g/mol. The molecule has 20 heavy (non-hydrogen) atoms. The highest BCUT2D eigenvalue weighted by Crippen LogP contribution is 2.41. The molecule has 0 saturated heterocycles. The van der Waals surface area contributed by atoms with Crippen molar-refractivity contribution in [3.05, 3.63) is 23.5 Å². The third-order valence-electron chi connectivity index (χ3n) is 3.11. The van der Waals surface area contributed by atoms with Crippen molar-refractivity contribution in [1.29, 1.82) is 5.26 Å². The number of nitrogens with zero attached hydrogens (tertiary/aromatic N) is 2. The number of halogens is 4. The molecule has 0 atom stereocenters. The maximum absolute atomic E-state index is 12.8. The number of alkyl halides is 4.